The molecule has 0 saturated carbocycles. The maximum absolute atomic E-state index is 12.6. The van der Waals surface area contributed by atoms with Crippen molar-refractivity contribution in [3.05, 3.63) is 46.0 Å². The smallest absolute Gasteiger partial charge is 0.270 e. The minimum atomic E-state index is -0.450. The Bertz CT molecular complexity index is 640. The molecular weight excluding hydrogens is 312 g/mol. The maximum Gasteiger partial charge on any atom is 0.270 e. The van der Waals surface area contributed by atoms with Crippen molar-refractivity contribution >= 4 is 17.7 Å². The third-order valence-corrected chi connectivity index (χ3v) is 4.29. The van der Waals surface area contributed by atoms with Crippen molar-refractivity contribution < 1.29 is 19.2 Å². The molecule has 0 radical (unpaired) electrons. The van der Waals surface area contributed by atoms with E-state index < -0.39 is 4.92 Å². The fourth-order valence-corrected chi connectivity index (χ4v) is 3.12. The van der Waals surface area contributed by atoms with Crippen LogP contribution in [0, 0.1) is 10.1 Å². The average molecular weight is 332 g/mol. The second-order valence-corrected chi connectivity index (χ2v) is 5.89. The topological polar surface area (TPSA) is 81.9 Å². The highest BCUT2D eigenvalue weighted by Crippen LogP contribution is 2.25. The monoisotopic (exact) mass is 332 g/mol. The summed E-state index contributed by atoms with van der Waals surface area (Å²) in [7, 11) is 0. The van der Waals surface area contributed by atoms with Crippen molar-refractivity contribution in [1.82, 2.24) is 4.90 Å². The molecule has 0 spiro atoms. The molecule has 0 aromatic heterocycles. The van der Waals surface area contributed by atoms with E-state index in [9.17, 15) is 14.9 Å². The van der Waals surface area contributed by atoms with Crippen LogP contribution in [0.25, 0.3) is 6.08 Å². The average Bonchev–Trinajstić information content (AvgIpc) is 3.14. The first-order valence-electron chi connectivity index (χ1n) is 8.11. The van der Waals surface area contributed by atoms with E-state index in [0.717, 1.165) is 19.3 Å². The SMILES string of the molecule is O=C(/C=C/c1cccc([N+](=O)[O-])c1)N1CCCC[C@H]1C1OCCO1. The first-order chi connectivity index (χ1) is 11.6. The predicted molar refractivity (Wildman–Crippen MR) is 87.2 cm³/mol. The summed E-state index contributed by atoms with van der Waals surface area (Å²) in [6.45, 7) is 1.80. The predicted octanol–water partition coefficient (Wildman–Crippen LogP) is 2.36. The Morgan fingerprint density at radius 1 is 1.29 bits per heavy atom. The molecule has 0 unspecified atom stereocenters. The second kappa shape index (κ2) is 7.55. The molecule has 1 aromatic carbocycles. The number of carbonyl (C=O) groups is 1. The van der Waals surface area contributed by atoms with Crippen LogP contribution in [0.15, 0.2) is 30.3 Å². The standard InChI is InChI=1S/C17H20N2O5/c20-16(8-7-13-4-3-5-14(12-13)19(21)22)18-9-2-1-6-15(18)17-23-10-11-24-17/h3-5,7-8,12,15,17H,1-2,6,9-11H2/b8-7+/t15-/m0/s1. The van der Waals surface area contributed by atoms with Crippen LogP contribution in [0.3, 0.4) is 0 Å². The van der Waals surface area contributed by atoms with Crippen molar-refractivity contribution in [3.8, 4) is 0 Å². The number of piperidine rings is 1. The number of carbonyl (C=O) groups excluding carboxylic acids is 1. The van der Waals surface area contributed by atoms with Gasteiger partial charge in [0.2, 0.25) is 5.91 Å². The first kappa shape index (κ1) is 16.6. The number of non-ortho nitro benzene ring substituents is 1. The Morgan fingerprint density at radius 2 is 2.08 bits per heavy atom. The molecule has 1 amide bonds. The number of rotatable bonds is 4. The van der Waals surface area contributed by atoms with Crippen LogP contribution >= 0.6 is 0 Å². The highest BCUT2D eigenvalue weighted by Gasteiger charge is 2.35. The Kier molecular flexibility index (Phi) is 5.22. The number of amides is 1. The van der Waals surface area contributed by atoms with Gasteiger partial charge in [-0.05, 0) is 30.9 Å². The fraction of sp³-hybridized carbons (Fsp3) is 0.471. The van der Waals surface area contributed by atoms with Crippen LogP contribution in [0.4, 0.5) is 5.69 Å². The molecule has 2 saturated heterocycles. The largest absolute Gasteiger partial charge is 0.348 e. The van der Waals surface area contributed by atoms with Gasteiger partial charge in [-0.1, -0.05) is 12.1 Å². The minimum absolute atomic E-state index is 0.00760. The number of likely N-dealkylation sites (tertiary alicyclic amines) is 1. The number of nitro groups is 1. The molecule has 3 rings (SSSR count). The summed E-state index contributed by atoms with van der Waals surface area (Å²) in [5.41, 5.74) is 0.632. The number of ether oxygens (including phenoxy) is 2. The normalized spacial score (nSPS) is 22.2. The second-order valence-electron chi connectivity index (χ2n) is 5.89. The zero-order chi connectivity index (χ0) is 16.9. The van der Waals surface area contributed by atoms with E-state index in [1.807, 2.05) is 0 Å². The molecule has 7 heteroatoms. The lowest BCUT2D eigenvalue weighted by atomic mass is 10.0. The first-order valence-corrected chi connectivity index (χ1v) is 8.11. The van der Waals surface area contributed by atoms with E-state index in [1.165, 1.54) is 18.2 Å². The van der Waals surface area contributed by atoms with Gasteiger partial charge in [0.1, 0.15) is 0 Å². The molecule has 2 heterocycles. The van der Waals surface area contributed by atoms with Gasteiger partial charge in [0, 0.05) is 24.8 Å². The summed E-state index contributed by atoms with van der Waals surface area (Å²) >= 11 is 0. The zero-order valence-corrected chi connectivity index (χ0v) is 13.3. The molecule has 1 atom stereocenters. The van der Waals surface area contributed by atoms with Gasteiger partial charge in [-0.25, -0.2) is 0 Å². The molecule has 1 aromatic rings. The van der Waals surface area contributed by atoms with Crippen LogP contribution in [0.5, 0.6) is 0 Å². The summed E-state index contributed by atoms with van der Waals surface area (Å²) in [6, 6.07) is 6.14. The molecule has 0 bridgehead atoms. The number of nitro benzene ring substituents is 1. The van der Waals surface area contributed by atoms with E-state index in [0.29, 0.717) is 25.3 Å². The van der Waals surface area contributed by atoms with Crippen molar-refractivity contribution in [1.29, 1.82) is 0 Å². The van der Waals surface area contributed by atoms with E-state index in [1.54, 1.807) is 23.1 Å². The summed E-state index contributed by atoms with van der Waals surface area (Å²) in [5, 5.41) is 10.8. The Morgan fingerprint density at radius 3 is 2.83 bits per heavy atom. The van der Waals surface area contributed by atoms with Crippen molar-refractivity contribution in [2.45, 2.75) is 31.6 Å². The van der Waals surface area contributed by atoms with Crippen LogP contribution < -0.4 is 0 Å². The highest BCUT2D eigenvalue weighted by molar-refractivity contribution is 5.92. The third-order valence-electron chi connectivity index (χ3n) is 4.29. The Labute approximate surface area is 140 Å². The van der Waals surface area contributed by atoms with Crippen LogP contribution in [0.2, 0.25) is 0 Å². The van der Waals surface area contributed by atoms with Gasteiger partial charge < -0.3 is 14.4 Å². The van der Waals surface area contributed by atoms with Gasteiger partial charge in [0.05, 0.1) is 24.2 Å². The number of hydrogen-bond acceptors (Lipinski definition) is 5. The van der Waals surface area contributed by atoms with Gasteiger partial charge in [-0.2, -0.15) is 0 Å². The van der Waals surface area contributed by atoms with Gasteiger partial charge in [-0.3, -0.25) is 14.9 Å². The maximum atomic E-state index is 12.6. The number of nitrogens with zero attached hydrogens (tertiary/aromatic N) is 2. The molecule has 2 aliphatic heterocycles. The van der Waals surface area contributed by atoms with Gasteiger partial charge in [-0.15, -0.1) is 0 Å². The lowest BCUT2D eigenvalue weighted by Gasteiger charge is -2.37. The van der Waals surface area contributed by atoms with E-state index >= 15 is 0 Å². The molecule has 24 heavy (non-hydrogen) atoms. The van der Waals surface area contributed by atoms with Crippen LogP contribution in [-0.4, -0.2) is 47.8 Å². The Hall–Kier alpha value is -2.25. The molecule has 0 N–H and O–H groups in total. The molecule has 2 aliphatic rings. The molecular formula is C17H20N2O5. The van der Waals surface area contributed by atoms with Crippen LogP contribution in [-0.2, 0) is 14.3 Å². The van der Waals surface area contributed by atoms with E-state index in [2.05, 4.69) is 0 Å². The highest BCUT2D eigenvalue weighted by atomic mass is 16.7. The lowest BCUT2D eigenvalue weighted by Crippen LogP contribution is -2.49. The zero-order valence-electron chi connectivity index (χ0n) is 13.3. The van der Waals surface area contributed by atoms with Crippen molar-refractivity contribution in [2.24, 2.45) is 0 Å². The van der Waals surface area contributed by atoms with Gasteiger partial charge >= 0.3 is 0 Å². The van der Waals surface area contributed by atoms with Crippen molar-refractivity contribution in [3.63, 3.8) is 0 Å². The van der Waals surface area contributed by atoms with E-state index in [-0.39, 0.29) is 23.9 Å². The van der Waals surface area contributed by atoms with Crippen molar-refractivity contribution in [2.75, 3.05) is 19.8 Å². The molecule has 2 fully saturated rings. The molecule has 128 valence electrons. The molecule has 0 aliphatic carbocycles. The summed E-state index contributed by atoms with van der Waals surface area (Å²) in [6.07, 6.45) is 5.59. The molecule has 7 nitrogen and oxygen atoms in total. The van der Waals surface area contributed by atoms with Gasteiger partial charge in [0.15, 0.2) is 6.29 Å². The number of hydrogen-bond donors (Lipinski definition) is 0. The summed E-state index contributed by atoms with van der Waals surface area (Å²) in [5.74, 6) is -0.120. The van der Waals surface area contributed by atoms with E-state index in [4.69, 9.17) is 9.47 Å². The number of benzene rings is 1. The quantitative estimate of drug-likeness (QED) is 0.480. The summed E-state index contributed by atoms with van der Waals surface area (Å²) in [4.78, 5) is 24.7. The summed E-state index contributed by atoms with van der Waals surface area (Å²) < 4.78 is 11.1. The Balaban J connectivity index is 1.70. The minimum Gasteiger partial charge on any atom is -0.348 e. The van der Waals surface area contributed by atoms with Crippen LogP contribution in [0.1, 0.15) is 24.8 Å². The van der Waals surface area contributed by atoms with Gasteiger partial charge in [0.25, 0.3) is 5.69 Å². The fourth-order valence-electron chi connectivity index (χ4n) is 3.12. The third kappa shape index (κ3) is 3.80. The lowest BCUT2D eigenvalue weighted by molar-refractivity contribution is -0.384.